The summed E-state index contributed by atoms with van der Waals surface area (Å²) in [6.07, 6.45) is 1.16. The second kappa shape index (κ2) is 6.16. The second-order valence-corrected chi connectivity index (χ2v) is 2.56. The highest BCUT2D eigenvalue weighted by Crippen LogP contribution is 1.96. The summed E-state index contributed by atoms with van der Waals surface area (Å²) in [7, 11) is 0. The number of aldehydes is 1. The smallest absolute Gasteiger partial charge is 0.326 e. The molecule has 5 heteroatoms. The highest BCUT2D eigenvalue weighted by molar-refractivity contribution is 5.83. The van der Waals surface area contributed by atoms with Gasteiger partial charge in [-0.05, 0) is 6.42 Å². The minimum Gasteiger partial charge on any atom is -0.480 e. The SMILES string of the molecule is CCC(=O)N[C@@H](CCC=O)C(=O)O. The van der Waals surface area contributed by atoms with Crippen LogP contribution in [-0.4, -0.2) is 29.3 Å². The summed E-state index contributed by atoms with van der Waals surface area (Å²) in [6.45, 7) is 1.63. The van der Waals surface area contributed by atoms with Crippen LogP contribution in [0.3, 0.4) is 0 Å². The molecule has 0 bridgehead atoms. The van der Waals surface area contributed by atoms with Crippen molar-refractivity contribution in [2.24, 2.45) is 0 Å². The van der Waals surface area contributed by atoms with Crippen LogP contribution in [0.4, 0.5) is 0 Å². The van der Waals surface area contributed by atoms with Gasteiger partial charge in [-0.1, -0.05) is 6.92 Å². The number of hydrogen-bond donors (Lipinski definition) is 2. The summed E-state index contributed by atoms with van der Waals surface area (Å²) in [5, 5.41) is 10.9. The van der Waals surface area contributed by atoms with Crippen molar-refractivity contribution in [1.29, 1.82) is 0 Å². The Kier molecular flexibility index (Phi) is 5.50. The van der Waals surface area contributed by atoms with Crippen LogP contribution in [0.15, 0.2) is 0 Å². The average molecular weight is 187 g/mol. The molecule has 0 spiro atoms. The van der Waals surface area contributed by atoms with Gasteiger partial charge in [-0.15, -0.1) is 0 Å². The molecule has 0 aromatic heterocycles. The molecule has 0 heterocycles. The Balaban J connectivity index is 4.01. The number of hydrogen-bond acceptors (Lipinski definition) is 3. The van der Waals surface area contributed by atoms with Gasteiger partial charge in [-0.25, -0.2) is 4.79 Å². The van der Waals surface area contributed by atoms with Crippen molar-refractivity contribution in [3.63, 3.8) is 0 Å². The summed E-state index contributed by atoms with van der Waals surface area (Å²) in [6, 6.07) is -0.947. The predicted octanol–water partition coefficient (Wildman–Crippen LogP) is -0.0551. The molecule has 0 rings (SSSR count). The van der Waals surface area contributed by atoms with Crippen LogP contribution >= 0.6 is 0 Å². The van der Waals surface area contributed by atoms with E-state index in [1.807, 2.05) is 0 Å². The van der Waals surface area contributed by atoms with E-state index in [9.17, 15) is 14.4 Å². The summed E-state index contributed by atoms with van der Waals surface area (Å²) in [5.74, 6) is -1.43. The summed E-state index contributed by atoms with van der Waals surface area (Å²) >= 11 is 0. The molecule has 13 heavy (non-hydrogen) atoms. The molecule has 0 unspecified atom stereocenters. The Morgan fingerprint density at radius 2 is 2.15 bits per heavy atom. The maximum Gasteiger partial charge on any atom is 0.326 e. The third-order valence-electron chi connectivity index (χ3n) is 1.53. The molecule has 0 aromatic rings. The normalized spacial score (nSPS) is 11.8. The molecule has 74 valence electrons. The Hall–Kier alpha value is -1.39. The fraction of sp³-hybridized carbons (Fsp3) is 0.625. The number of nitrogens with one attached hydrogen (secondary N) is 1. The van der Waals surface area contributed by atoms with E-state index in [-0.39, 0.29) is 25.2 Å². The van der Waals surface area contributed by atoms with Crippen molar-refractivity contribution in [2.75, 3.05) is 0 Å². The molecule has 0 saturated carbocycles. The number of aliphatic carboxylic acids is 1. The summed E-state index contributed by atoms with van der Waals surface area (Å²) < 4.78 is 0. The fourth-order valence-corrected chi connectivity index (χ4v) is 0.788. The Morgan fingerprint density at radius 1 is 1.54 bits per heavy atom. The van der Waals surface area contributed by atoms with Gasteiger partial charge in [0, 0.05) is 12.8 Å². The van der Waals surface area contributed by atoms with Gasteiger partial charge in [0.25, 0.3) is 0 Å². The molecular weight excluding hydrogens is 174 g/mol. The van der Waals surface area contributed by atoms with Crippen molar-refractivity contribution in [3.8, 4) is 0 Å². The molecule has 0 aliphatic rings. The maximum absolute atomic E-state index is 10.8. The number of carbonyl (C=O) groups is 3. The minimum absolute atomic E-state index is 0.140. The van der Waals surface area contributed by atoms with Gasteiger partial charge >= 0.3 is 5.97 Å². The van der Waals surface area contributed by atoms with Gasteiger partial charge in [0.05, 0.1) is 0 Å². The van der Waals surface area contributed by atoms with E-state index in [1.165, 1.54) is 0 Å². The Morgan fingerprint density at radius 3 is 2.54 bits per heavy atom. The van der Waals surface area contributed by atoms with Gasteiger partial charge in [0.15, 0.2) is 0 Å². The van der Waals surface area contributed by atoms with Crippen molar-refractivity contribution in [2.45, 2.75) is 32.2 Å². The minimum atomic E-state index is -1.11. The van der Waals surface area contributed by atoms with E-state index in [1.54, 1.807) is 6.92 Å². The predicted molar refractivity (Wildman–Crippen MR) is 45.2 cm³/mol. The zero-order valence-corrected chi connectivity index (χ0v) is 7.45. The second-order valence-electron chi connectivity index (χ2n) is 2.56. The molecule has 0 aromatic carbocycles. The first kappa shape index (κ1) is 11.6. The summed E-state index contributed by atoms with van der Waals surface area (Å²) in [4.78, 5) is 31.3. The molecule has 2 N–H and O–H groups in total. The van der Waals surface area contributed by atoms with E-state index in [0.29, 0.717) is 6.29 Å². The van der Waals surface area contributed by atoms with Crippen LogP contribution in [0.1, 0.15) is 26.2 Å². The monoisotopic (exact) mass is 187 g/mol. The van der Waals surface area contributed by atoms with Crippen LogP contribution < -0.4 is 5.32 Å². The van der Waals surface area contributed by atoms with Crippen molar-refractivity contribution in [1.82, 2.24) is 5.32 Å². The van der Waals surface area contributed by atoms with Gasteiger partial charge in [0.2, 0.25) is 5.91 Å². The number of rotatable bonds is 6. The fourth-order valence-electron chi connectivity index (χ4n) is 0.788. The van der Waals surface area contributed by atoms with Crippen LogP contribution in [0, 0.1) is 0 Å². The first-order chi connectivity index (χ1) is 6.11. The zero-order chi connectivity index (χ0) is 10.3. The van der Waals surface area contributed by atoms with Crippen LogP contribution in [-0.2, 0) is 14.4 Å². The van der Waals surface area contributed by atoms with E-state index < -0.39 is 12.0 Å². The first-order valence-electron chi connectivity index (χ1n) is 4.07. The largest absolute Gasteiger partial charge is 0.480 e. The van der Waals surface area contributed by atoms with Crippen LogP contribution in [0.5, 0.6) is 0 Å². The highest BCUT2D eigenvalue weighted by Gasteiger charge is 2.17. The highest BCUT2D eigenvalue weighted by atomic mass is 16.4. The maximum atomic E-state index is 10.8. The van der Waals surface area contributed by atoms with E-state index in [0.717, 1.165) is 0 Å². The lowest BCUT2D eigenvalue weighted by molar-refractivity contribution is -0.142. The first-order valence-corrected chi connectivity index (χ1v) is 4.07. The number of carboxylic acids is 1. The quantitative estimate of drug-likeness (QED) is 0.571. The summed E-state index contributed by atoms with van der Waals surface area (Å²) in [5.41, 5.74) is 0. The molecule has 0 aliphatic heterocycles. The van der Waals surface area contributed by atoms with E-state index >= 15 is 0 Å². The third-order valence-corrected chi connectivity index (χ3v) is 1.53. The van der Waals surface area contributed by atoms with Gasteiger partial charge < -0.3 is 15.2 Å². The van der Waals surface area contributed by atoms with Crippen LogP contribution in [0.2, 0.25) is 0 Å². The molecule has 1 atom stereocenters. The van der Waals surface area contributed by atoms with Crippen molar-refractivity contribution in [3.05, 3.63) is 0 Å². The lowest BCUT2D eigenvalue weighted by Crippen LogP contribution is -2.40. The molecule has 0 radical (unpaired) electrons. The molecule has 0 fully saturated rings. The third kappa shape index (κ3) is 4.95. The standard InChI is InChI=1S/C8H13NO4/c1-2-7(11)9-6(8(12)13)4-3-5-10/h5-6H,2-4H2,1H3,(H,9,11)(H,12,13)/t6-/m0/s1. The van der Waals surface area contributed by atoms with Gasteiger partial charge in [-0.2, -0.15) is 0 Å². The van der Waals surface area contributed by atoms with Crippen molar-refractivity contribution < 1.29 is 19.5 Å². The average Bonchev–Trinajstić information content (AvgIpc) is 2.11. The van der Waals surface area contributed by atoms with Gasteiger partial charge in [-0.3, -0.25) is 4.79 Å². The lowest BCUT2D eigenvalue weighted by Gasteiger charge is -2.11. The Bertz CT molecular complexity index is 202. The van der Waals surface area contributed by atoms with Crippen LogP contribution in [0.25, 0.3) is 0 Å². The Labute approximate surface area is 76.1 Å². The van der Waals surface area contributed by atoms with E-state index in [4.69, 9.17) is 5.11 Å². The van der Waals surface area contributed by atoms with Gasteiger partial charge in [0.1, 0.15) is 12.3 Å². The zero-order valence-electron chi connectivity index (χ0n) is 7.45. The molecule has 0 aliphatic carbocycles. The van der Waals surface area contributed by atoms with Crippen molar-refractivity contribution >= 4 is 18.2 Å². The molecular formula is C8H13NO4. The lowest BCUT2D eigenvalue weighted by atomic mass is 10.1. The molecule has 5 nitrogen and oxygen atoms in total. The molecule has 0 saturated heterocycles. The topological polar surface area (TPSA) is 83.5 Å². The van der Waals surface area contributed by atoms with E-state index in [2.05, 4.69) is 5.32 Å². The number of carbonyl (C=O) groups excluding carboxylic acids is 2. The molecule has 1 amide bonds. The number of carboxylic acid groups (broad SMARTS) is 1. The number of amides is 1.